The fraction of sp³-hybridized carbons (Fsp3) is 0.355. The molecular weight excluding hydrogens is 561 g/mol. The number of carbonyl (C=O) groups excluding carboxylic acids is 2. The predicted molar refractivity (Wildman–Crippen MR) is 155 cm³/mol. The van der Waals surface area contributed by atoms with Crippen LogP contribution in [0, 0.1) is 5.82 Å². The molecule has 9 nitrogen and oxygen atoms in total. The maximum absolute atomic E-state index is 14.1. The van der Waals surface area contributed by atoms with Crippen molar-refractivity contribution < 1.29 is 31.9 Å². The lowest BCUT2D eigenvalue weighted by Gasteiger charge is -2.32. The molecule has 1 N–H and O–H groups in total. The Morgan fingerprint density at radius 2 is 1.62 bits per heavy atom. The van der Waals surface area contributed by atoms with Gasteiger partial charge >= 0.3 is 0 Å². The summed E-state index contributed by atoms with van der Waals surface area (Å²) >= 11 is 0. The van der Waals surface area contributed by atoms with Crippen molar-refractivity contribution in [1.29, 1.82) is 0 Å². The summed E-state index contributed by atoms with van der Waals surface area (Å²) in [6.07, 6.45) is 3.80. The molecule has 1 saturated carbocycles. The fourth-order valence-electron chi connectivity index (χ4n) is 5.20. The van der Waals surface area contributed by atoms with Crippen LogP contribution in [0.2, 0.25) is 0 Å². The number of rotatable bonds is 10. The average Bonchev–Trinajstić information content (AvgIpc) is 3.52. The Morgan fingerprint density at radius 1 is 0.952 bits per heavy atom. The van der Waals surface area contributed by atoms with Gasteiger partial charge in [0.25, 0.3) is 10.0 Å². The van der Waals surface area contributed by atoms with Crippen molar-refractivity contribution in [2.45, 2.75) is 56.1 Å². The summed E-state index contributed by atoms with van der Waals surface area (Å²) in [7, 11) is -4.21. The van der Waals surface area contributed by atoms with Crippen molar-refractivity contribution in [3.05, 3.63) is 84.2 Å². The molecule has 42 heavy (non-hydrogen) atoms. The zero-order valence-corrected chi connectivity index (χ0v) is 24.2. The smallest absolute Gasteiger partial charge is 0.264 e. The molecule has 0 spiro atoms. The molecule has 0 bridgehead atoms. The Labute approximate surface area is 245 Å². The van der Waals surface area contributed by atoms with Crippen molar-refractivity contribution in [1.82, 2.24) is 10.2 Å². The lowest BCUT2D eigenvalue weighted by molar-refractivity contribution is -0.139. The molecule has 0 saturated heterocycles. The molecule has 1 aliphatic heterocycles. The van der Waals surface area contributed by atoms with Crippen LogP contribution in [0.4, 0.5) is 10.1 Å². The highest BCUT2D eigenvalue weighted by Crippen LogP contribution is 2.36. The van der Waals surface area contributed by atoms with E-state index in [1.165, 1.54) is 47.4 Å². The van der Waals surface area contributed by atoms with Gasteiger partial charge in [-0.3, -0.25) is 13.9 Å². The molecule has 2 amide bonds. The monoisotopic (exact) mass is 595 g/mol. The minimum atomic E-state index is -4.21. The topological polar surface area (TPSA) is 105 Å². The van der Waals surface area contributed by atoms with Crippen molar-refractivity contribution in [3.8, 4) is 11.5 Å². The number of nitrogens with zero attached hydrogens (tertiary/aromatic N) is 2. The lowest BCUT2D eigenvalue weighted by atomic mass is 10.1. The highest BCUT2D eigenvalue weighted by Gasteiger charge is 2.34. The average molecular weight is 596 g/mol. The van der Waals surface area contributed by atoms with Crippen LogP contribution in [0.1, 0.15) is 38.2 Å². The number of ether oxygens (including phenoxy) is 2. The third kappa shape index (κ3) is 6.67. The number of anilines is 1. The maximum Gasteiger partial charge on any atom is 0.264 e. The van der Waals surface area contributed by atoms with E-state index < -0.39 is 34.3 Å². The summed E-state index contributed by atoms with van der Waals surface area (Å²) in [5.41, 5.74) is 0.809. The predicted octanol–water partition coefficient (Wildman–Crippen LogP) is 4.27. The van der Waals surface area contributed by atoms with Crippen molar-refractivity contribution in [3.63, 3.8) is 0 Å². The van der Waals surface area contributed by atoms with Crippen LogP contribution in [-0.4, -0.2) is 57.0 Å². The molecule has 3 aromatic carbocycles. The van der Waals surface area contributed by atoms with E-state index in [0.717, 1.165) is 30.0 Å². The molecule has 1 aliphatic carbocycles. The third-order valence-corrected chi connectivity index (χ3v) is 9.35. The van der Waals surface area contributed by atoms with Gasteiger partial charge < -0.3 is 19.7 Å². The van der Waals surface area contributed by atoms with Gasteiger partial charge in [-0.05, 0) is 61.7 Å². The molecule has 1 heterocycles. The van der Waals surface area contributed by atoms with E-state index in [4.69, 9.17) is 9.47 Å². The first-order valence-corrected chi connectivity index (χ1v) is 15.5. The summed E-state index contributed by atoms with van der Waals surface area (Å²) in [5.74, 6) is -0.505. The minimum Gasteiger partial charge on any atom is -0.486 e. The normalized spacial score (nSPS) is 15.6. The first-order valence-electron chi connectivity index (χ1n) is 14.0. The fourth-order valence-corrected chi connectivity index (χ4v) is 6.62. The second kappa shape index (κ2) is 12.8. The lowest BCUT2D eigenvalue weighted by Crippen LogP contribution is -2.52. The standard InChI is InChI=1S/C31H34FN3O6S/c1-22(31(37)33-25-7-5-6-8-25)34(20-23-11-13-24(32)14-12-23)30(36)21-35(42(38,39)27-9-3-2-4-10-27)26-15-16-28-29(19-26)41-18-17-40-28/h2-4,9-16,19,22,25H,5-8,17-18,20-21H2,1H3,(H,33,37). The summed E-state index contributed by atoms with van der Waals surface area (Å²) in [5, 5.41) is 3.03. The number of carbonyl (C=O) groups is 2. The van der Waals surface area contributed by atoms with E-state index in [-0.39, 0.29) is 29.1 Å². The Morgan fingerprint density at radius 3 is 2.31 bits per heavy atom. The van der Waals surface area contributed by atoms with Crippen LogP contribution in [0.5, 0.6) is 11.5 Å². The van der Waals surface area contributed by atoms with E-state index in [1.807, 2.05) is 0 Å². The molecule has 1 unspecified atom stereocenters. The summed E-state index contributed by atoms with van der Waals surface area (Å²) in [6, 6.07) is 17.3. The van der Waals surface area contributed by atoms with Gasteiger partial charge in [-0.1, -0.05) is 43.2 Å². The first kappa shape index (κ1) is 29.4. The van der Waals surface area contributed by atoms with Gasteiger partial charge in [-0.25, -0.2) is 12.8 Å². The SMILES string of the molecule is CC(C(=O)NC1CCCC1)N(Cc1ccc(F)cc1)C(=O)CN(c1ccc2c(c1)OCCO2)S(=O)(=O)c1ccccc1. The van der Waals surface area contributed by atoms with Gasteiger partial charge in [0.05, 0.1) is 10.6 Å². The van der Waals surface area contributed by atoms with Crippen LogP contribution in [0.25, 0.3) is 0 Å². The van der Waals surface area contributed by atoms with Crippen LogP contribution in [-0.2, 0) is 26.2 Å². The molecule has 0 radical (unpaired) electrons. The quantitative estimate of drug-likeness (QED) is 0.376. The first-order chi connectivity index (χ1) is 20.2. The van der Waals surface area contributed by atoms with E-state index >= 15 is 0 Å². The van der Waals surface area contributed by atoms with E-state index in [9.17, 15) is 22.4 Å². The number of fused-ring (bicyclic) bond motifs is 1. The number of halogens is 1. The molecule has 3 aromatic rings. The highest BCUT2D eigenvalue weighted by molar-refractivity contribution is 7.92. The Bertz CT molecular complexity index is 1510. The van der Waals surface area contributed by atoms with Crippen molar-refractivity contribution in [2.75, 3.05) is 24.1 Å². The zero-order valence-electron chi connectivity index (χ0n) is 23.4. The van der Waals surface area contributed by atoms with Gasteiger partial charge in [0.2, 0.25) is 11.8 Å². The molecule has 222 valence electrons. The Hall–Kier alpha value is -4.12. The number of amides is 2. The summed E-state index contributed by atoms with van der Waals surface area (Å²) in [6.45, 7) is 1.69. The zero-order chi connectivity index (χ0) is 29.7. The van der Waals surface area contributed by atoms with Crippen molar-refractivity contribution >= 4 is 27.5 Å². The highest BCUT2D eigenvalue weighted by atomic mass is 32.2. The van der Waals surface area contributed by atoms with Gasteiger partial charge in [0, 0.05) is 18.7 Å². The van der Waals surface area contributed by atoms with Gasteiger partial charge in [-0.15, -0.1) is 0 Å². The molecule has 1 fully saturated rings. The molecule has 5 rings (SSSR count). The minimum absolute atomic E-state index is 0.00444. The molecule has 1 atom stereocenters. The van der Waals surface area contributed by atoms with Gasteiger partial charge in [0.1, 0.15) is 31.6 Å². The maximum atomic E-state index is 14.1. The number of hydrogen-bond acceptors (Lipinski definition) is 6. The number of sulfonamides is 1. The van der Waals surface area contributed by atoms with Gasteiger partial charge in [-0.2, -0.15) is 0 Å². The number of hydrogen-bond donors (Lipinski definition) is 1. The van der Waals surface area contributed by atoms with E-state index in [0.29, 0.717) is 30.3 Å². The molecule has 2 aliphatic rings. The number of nitrogens with one attached hydrogen (secondary N) is 1. The van der Waals surface area contributed by atoms with Crippen LogP contribution >= 0.6 is 0 Å². The molecule has 0 aromatic heterocycles. The van der Waals surface area contributed by atoms with Crippen LogP contribution < -0.4 is 19.1 Å². The number of benzene rings is 3. The second-order valence-electron chi connectivity index (χ2n) is 10.5. The Balaban J connectivity index is 1.48. The molecular formula is C31H34FN3O6S. The summed E-state index contributed by atoms with van der Waals surface area (Å²) in [4.78, 5) is 28.7. The largest absolute Gasteiger partial charge is 0.486 e. The molecule has 11 heteroatoms. The second-order valence-corrected chi connectivity index (χ2v) is 12.3. The van der Waals surface area contributed by atoms with Crippen LogP contribution in [0.3, 0.4) is 0 Å². The van der Waals surface area contributed by atoms with E-state index in [2.05, 4.69) is 5.32 Å². The van der Waals surface area contributed by atoms with Crippen molar-refractivity contribution in [2.24, 2.45) is 0 Å². The van der Waals surface area contributed by atoms with Crippen LogP contribution in [0.15, 0.2) is 77.7 Å². The summed E-state index contributed by atoms with van der Waals surface area (Å²) < 4.78 is 53.8. The van der Waals surface area contributed by atoms with E-state index in [1.54, 1.807) is 37.3 Å². The Kier molecular flexibility index (Phi) is 8.96. The van der Waals surface area contributed by atoms with Gasteiger partial charge in [0.15, 0.2) is 11.5 Å². The third-order valence-electron chi connectivity index (χ3n) is 7.56.